The fraction of sp³-hybridized carbons (Fsp3) is 0.727. The third-order valence-corrected chi connectivity index (χ3v) is 4.58. The van der Waals surface area contributed by atoms with E-state index < -0.39 is 0 Å². The molecule has 0 aliphatic heterocycles. The Kier molecular flexibility index (Phi) is 2.77. The van der Waals surface area contributed by atoms with Gasteiger partial charge in [-0.3, -0.25) is 0 Å². The zero-order valence-corrected chi connectivity index (χ0v) is 9.92. The lowest BCUT2D eigenvalue weighted by Gasteiger charge is -2.34. The maximum Gasteiger partial charge on any atom is 0.126 e. The molecule has 0 heterocycles. The van der Waals surface area contributed by atoms with Gasteiger partial charge in [0.25, 0.3) is 0 Å². The molecule has 2 saturated carbocycles. The quantitative estimate of drug-likeness (QED) is 0.534. The monoisotopic (exact) mass is 290 g/mol. The molecular weight excluding hydrogens is 275 g/mol. The lowest BCUT2D eigenvalue weighted by atomic mass is 9.68. The normalized spacial score (nSPS) is 41.9. The second-order valence-corrected chi connectivity index (χ2v) is 4.96. The second kappa shape index (κ2) is 3.71. The molecule has 0 aromatic rings. The van der Waals surface area contributed by atoms with E-state index in [-0.39, 0.29) is 5.41 Å². The van der Waals surface area contributed by atoms with Gasteiger partial charge in [0.1, 0.15) is 6.29 Å². The molecule has 0 aromatic carbocycles. The van der Waals surface area contributed by atoms with Crippen LogP contribution < -0.4 is 0 Å². The van der Waals surface area contributed by atoms with Crippen molar-refractivity contribution in [3.63, 3.8) is 0 Å². The average Bonchev–Trinajstić information content (AvgIpc) is 2.57. The molecule has 13 heavy (non-hydrogen) atoms. The SMILES string of the molecule is O=CC12CCCCC1/C(=C\I)CC2. The molecule has 1 nitrogen and oxygen atoms in total. The summed E-state index contributed by atoms with van der Waals surface area (Å²) in [5.41, 5.74) is 1.59. The van der Waals surface area contributed by atoms with E-state index in [1.807, 2.05) is 0 Å². The highest BCUT2D eigenvalue weighted by molar-refractivity contribution is 14.1. The summed E-state index contributed by atoms with van der Waals surface area (Å²) in [5, 5.41) is 0. The van der Waals surface area contributed by atoms with Crippen molar-refractivity contribution in [3.05, 3.63) is 9.66 Å². The minimum absolute atomic E-state index is 0.0508. The number of hydrogen-bond donors (Lipinski definition) is 0. The highest BCUT2D eigenvalue weighted by Crippen LogP contribution is 2.53. The Bertz CT molecular complexity index is 246. The fourth-order valence-electron chi connectivity index (χ4n) is 3.00. The molecule has 0 bridgehead atoms. The van der Waals surface area contributed by atoms with E-state index in [9.17, 15) is 4.79 Å². The van der Waals surface area contributed by atoms with E-state index in [1.165, 1.54) is 31.1 Å². The predicted octanol–water partition coefficient (Wildman–Crippen LogP) is 3.47. The van der Waals surface area contributed by atoms with Gasteiger partial charge in [-0.05, 0) is 35.7 Å². The summed E-state index contributed by atoms with van der Waals surface area (Å²) < 4.78 is 2.21. The van der Waals surface area contributed by atoms with Crippen molar-refractivity contribution in [1.82, 2.24) is 0 Å². The summed E-state index contributed by atoms with van der Waals surface area (Å²) in [6.45, 7) is 0. The Morgan fingerprint density at radius 3 is 2.92 bits per heavy atom. The first-order chi connectivity index (χ1) is 6.32. The first kappa shape index (κ1) is 9.69. The van der Waals surface area contributed by atoms with Crippen LogP contribution in [-0.2, 0) is 4.79 Å². The number of carbonyl (C=O) groups is 1. The minimum atomic E-state index is 0.0508. The van der Waals surface area contributed by atoms with Gasteiger partial charge in [-0.15, -0.1) is 0 Å². The number of halogens is 1. The van der Waals surface area contributed by atoms with Crippen molar-refractivity contribution in [2.75, 3.05) is 0 Å². The van der Waals surface area contributed by atoms with Crippen LogP contribution in [0.2, 0.25) is 0 Å². The van der Waals surface area contributed by atoms with E-state index in [0.717, 1.165) is 19.3 Å². The summed E-state index contributed by atoms with van der Waals surface area (Å²) in [4.78, 5) is 11.2. The maximum atomic E-state index is 11.2. The van der Waals surface area contributed by atoms with Gasteiger partial charge in [0.15, 0.2) is 0 Å². The van der Waals surface area contributed by atoms with E-state index in [2.05, 4.69) is 26.7 Å². The molecule has 2 rings (SSSR count). The molecule has 2 unspecified atom stereocenters. The van der Waals surface area contributed by atoms with Crippen molar-refractivity contribution in [2.24, 2.45) is 11.3 Å². The molecule has 72 valence electrons. The lowest BCUT2D eigenvalue weighted by molar-refractivity contribution is -0.119. The van der Waals surface area contributed by atoms with Crippen molar-refractivity contribution in [3.8, 4) is 0 Å². The standard InChI is InChI=1S/C11H15IO/c12-7-9-4-6-11(8-13)5-2-1-3-10(9)11/h7-8,10H,1-6H2/b9-7-. The largest absolute Gasteiger partial charge is 0.303 e. The Hall–Kier alpha value is 0.140. The van der Waals surface area contributed by atoms with Crippen LogP contribution >= 0.6 is 22.6 Å². The minimum Gasteiger partial charge on any atom is -0.303 e. The Labute approximate surface area is 93.1 Å². The fourth-order valence-corrected chi connectivity index (χ4v) is 3.75. The zero-order chi connectivity index (χ0) is 9.31. The van der Waals surface area contributed by atoms with E-state index in [1.54, 1.807) is 0 Å². The number of carbonyl (C=O) groups excluding carboxylic acids is 1. The van der Waals surface area contributed by atoms with Crippen LogP contribution in [0.15, 0.2) is 9.66 Å². The molecule has 2 aliphatic carbocycles. The van der Waals surface area contributed by atoms with E-state index in [4.69, 9.17) is 0 Å². The predicted molar refractivity (Wildman–Crippen MR) is 61.8 cm³/mol. The summed E-state index contributed by atoms with van der Waals surface area (Å²) in [7, 11) is 0. The van der Waals surface area contributed by atoms with Crippen LogP contribution in [0, 0.1) is 11.3 Å². The van der Waals surface area contributed by atoms with Gasteiger partial charge in [-0.2, -0.15) is 0 Å². The van der Waals surface area contributed by atoms with Crippen LogP contribution in [0.25, 0.3) is 0 Å². The molecule has 2 aliphatic rings. The summed E-state index contributed by atoms with van der Waals surface area (Å²) in [5.74, 6) is 0.593. The van der Waals surface area contributed by atoms with Gasteiger partial charge in [0.05, 0.1) is 0 Å². The van der Waals surface area contributed by atoms with Crippen LogP contribution in [0.5, 0.6) is 0 Å². The molecular formula is C11H15IO. The van der Waals surface area contributed by atoms with Crippen molar-refractivity contribution in [2.45, 2.75) is 38.5 Å². The topological polar surface area (TPSA) is 17.1 Å². The number of aldehydes is 1. The summed E-state index contributed by atoms with van der Waals surface area (Å²) in [6.07, 6.45) is 8.47. The molecule has 0 spiro atoms. The third kappa shape index (κ3) is 1.47. The zero-order valence-electron chi connectivity index (χ0n) is 7.76. The molecule has 2 atom stereocenters. The van der Waals surface area contributed by atoms with E-state index in [0.29, 0.717) is 5.92 Å². The van der Waals surface area contributed by atoms with Crippen LogP contribution in [0.4, 0.5) is 0 Å². The maximum absolute atomic E-state index is 11.2. The second-order valence-electron chi connectivity index (χ2n) is 4.33. The number of rotatable bonds is 1. The van der Waals surface area contributed by atoms with Gasteiger partial charge < -0.3 is 4.79 Å². The van der Waals surface area contributed by atoms with E-state index >= 15 is 0 Å². The van der Waals surface area contributed by atoms with Crippen molar-refractivity contribution >= 4 is 28.9 Å². The van der Waals surface area contributed by atoms with Gasteiger partial charge in [0.2, 0.25) is 0 Å². The van der Waals surface area contributed by atoms with Gasteiger partial charge in [0, 0.05) is 5.41 Å². The molecule has 2 heteroatoms. The highest BCUT2D eigenvalue weighted by atomic mass is 127. The third-order valence-electron chi connectivity index (χ3n) is 3.78. The number of fused-ring (bicyclic) bond motifs is 1. The molecule has 0 radical (unpaired) electrons. The van der Waals surface area contributed by atoms with Crippen LogP contribution in [0.1, 0.15) is 38.5 Å². The molecule has 0 aromatic heterocycles. The molecule has 0 N–H and O–H groups in total. The molecule has 0 amide bonds. The smallest absolute Gasteiger partial charge is 0.126 e. The Morgan fingerprint density at radius 1 is 1.38 bits per heavy atom. The molecule has 2 fully saturated rings. The van der Waals surface area contributed by atoms with Crippen molar-refractivity contribution < 1.29 is 4.79 Å². The van der Waals surface area contributed by atoms with Gasteiger partial charge in [-0.1, -0.05) is 41.0 Å². The summed E-state index contributed by atoms with van der Waals surface area (Å²) >= 11 is 2.32. The number of hydrogen-bond acceptors (Lipinski definition) is 1. The van der Waals surface area contributed by atoms with Gasteiger partial charge in [-0.25, -0.2) is 0 Å². The first-order valence-corrected chi connectivity index (χ1v) is 6.32. The highest BCUT2D eigenvalue weighted by Gasteiger charge is 2.46. The van der Waals surface area contributed by atoms with Crippen LogP contribution in [-0.4, -0.2) is 6.29 Å². The summed E-state index contributed by atoms with van der Waals surface area (Å²) in [6, 6.07) is 0. The number of allylic oxidation sites excluding steroid dienone is 1. The lowest BCUT2D eigenvalue weighted by Crippen LogP contribution is -2.31. The van der Waals surface area contributed by atoms with Crippen molar-refractivity contribution in [1.29, 1.82) is 0 Å². The van der Waals surface area contributed by atoms with Crippen LogP contribution in [0.3, 0.4) is 0 Å². The Balaban J connectivity index is 2.28. The molecule has 0 saturated heterocycles. The Morgan fingerprint density at radius 2 is 2.23 bits per heavy atom. The van der Waals surface area contributed by atoms with Gasteiger partial charge >= 0.3 is 0 Å². The average molecular weight is 290 g/mol. The first-order valence-electron chi connectivity index (χ1n) is 5.08.